The average molecular weight is 320 g/mol. The Bertz CT molecular complexity index is 478. The summed E-state index contributed by atoms with van der Waals surface area (Å²) in [5, 5.41) is 6.69. The highest BCUT2D eigenvalue weighted by Crippen LogP contribution is 2.16. The van der Waals surface area contributed by atoms with Crippen LogP contribution in [0.2, 0.25) is 0 Å². The van der Waals surface area contributed by atoms with Crippen molar-refractivity contribution >= 4 is 5.96 Å². The van der Waals surface area contributed by atoms with Crippen LogP contribution in [0.3, 0.4) is 0 Å². The molecule has 1 aromatic rings. The lowest BCUT2D eigenvalue weighted by Crippen LogP contribution is -2.42. The van der Waals surface area contributed by atoms with Crippen LogP contribution in [0.1, 0.15) is 31.7 Å². The standard InChI is InChI=1S/C18H29FN4/c1-3-10-23-11-8-16(9-12-23)14-22-18(20-2)21-13-15-4-6-17(19)7-5-15/h4-7,16H,3,8-14H2,1-2H3,(H2,20,21,22). The van der Waals surface area contributed by atoms with Crippen LogP contribution in [0.25, 0.3) is 0 Å². The van der Waals surface area contributed by atoms with Crippen LogP contribution in [0.5, 0.6) is 0 Å². The lowest BCUT2D eigenvalue weighted by Gasteiger charge is -2.32. The molecular formula is C18H29FN4. The first-order valence-electron chi connectivity index (χ1n) is 8.62. The Hall–Kier alpha value is -1.62. The molecule has 0 aliphatic carbocycles. The first-order chi connectivity index (χ1) is 11.2. The van der Waals surface area contributed by atoms with E-state index < -0.39 is 0 Å². The minimum atomic E-state index is -0.203. The number of hydrogen-bond donors (Lipinski definition) is 2. The van der Waals surface area contributed by atoms with Crippen LogP contribution in [0.15, 0.2) is 29.3 Å². The van der Waals surface area contributed by atoms with Crippen molar-refractivity contribution in [3.8, 4) is 0 Å². The Morgan fingerprint density at radius 1 is 1.22 bits per heavy atom. The number of guanidine groups is 1. The van der Waals surface area contributed by atoms with Gasteiger partial charge in [-0.05, 0) is 62.5 Å². The SMILES string of the molecule is CCCN1CCC(CNC(=NC)NCc2ccc(F)cc2)CC1. The zero-order valence-electron chi connectivity index (χ0n) is 14.3. The summed E-state index contributed by atoms with van der Waals surface area (Å²) < 4.78 is 12.9. The van der Waals surface area contributed by atoms with Gasteiger partial charge in [-0.15, -0.1) is 0 Å². The molecule has 1 aliphatic heterocycles. The van der Waals surface area contributed by atoms with E-state index in [1.54, 1.807) is 19.2 Å². The largest absolute Gasteiger partial charge is 0.356 e. The van der Waals surface area contributed by atoms with Gasteiger partial charge in [-0.2, -0.15) is 0 Å². The van der Waals surface area contributed by atoms with Crippen molar-refractivity contribution in [1.82, 2.24) is 15.5 Å². The summed E-state index contributed by atoms with van der Waals surface area (Å²) in [4.78, 5) is 6.81. The number of halogens is 1. The van der Waals surface area contributed by atoms with E-state index in [1.807, 2.05) is 0 Å². The van der Waals surface area contributed by atoms with Gasteiger partial charge in [0, 0.05) is 20.1 Å². The summed E-state index contributed by atoms with van der Waals surface area (Å²) in [6.07, 6.45) is 3.74. The number of aliphatic imine (C=N–C) groups is 1. The van der Waals surface area contributed by atoms with E-state index in [0.717, 1.165) is 18.1 Å². The molecule has 0 saturated carbocycles. The van der Waals surface area contributed by atoms with Gasteiger partial charge in [-0.3, -0.25) is 4.99 Å². The minimum absolute atomic E-state index is 0.203. The fraction of sp³-hybridized carbons (Fsp3) is 0.611. The van der Waals surface area contributed by atoms with Gasteiger partial charge in [0.1, 0.15) is 5.82 Å². The zero-order chi connectivity index (χ0) is 16.5. The Labute approximate surface area is 139 Å². The van der Waals surface area contributed by atoms with E-state index in [2.05, 4.69) is 27.4 Å². The third-order valence-corrected chi connectivity index (χ3v) is 4.40. The van der Waals surface area contributed by atoms with Crippen molar-refractivity contribution in [2.75, 3.05) is 33.2 Å². The molecule has 23 heavy (non-hydrogen) atoms. The predicted octanol–water partition coefficient (Wildman–Crippen LogP) is 2.61. The number of likely N-dealkylation sites (tertiary alicyclic amines) is 1. The monoisotopic (exact) mass is 320 g/mol. The maximum absolute atomic E-state index is 12.9. The van der Waals surface area contributed by atoms with Crippen LogP contribution in [0.4, 0.5) is 4.39 Å². The quantitative estimate of drug-likeness (QED) is 0.625. The summed E-state index contributed by atoms with van der Waals surface area (Å²) >= 11 is 0. The second-order valence-corrected chi connectivity index (χ2v) is 6.22. The predicted molar refractivity (Wildman–Crippen MR) is 94.1 cm³/mol. The smallest absolute Gasteiger partial charge is 0.191 e. The molecule has 0 bridgehead atoms. The van der Waals surface area contributed by atoms with E-state index in [1.165, 1.54) is 51.0 Å². The molecule has 0 radical (unpaired) electrons. The first kappa shape index (κ1) is 17.7. The van der Waals surface area contributed by atoms with Crippen molar-refractivity contribution in [3.63, 3.8) is 0 Å². The van der Waals surface area contributed by atoms with Crippen LogP contribution >= 0.6 is 0 Å². The second kappa shape index (κ2) is 9.50. The molecule has 0 spiro atoms. The van der Waals surface area contributed by atoms with E-state index in [-0.39, 0.29) is 5.82 Å². The topological polar surface area (TPSA) is 39.7 Å². The van der Waals surface area contributed by atoms with E-state index >= 15 is 0 Å². The fourth-order valence-electron chi connectivity index (χ4n) is 2.98. The summed E-state index contributed by atoms with van der Waals surface area (Å²) in [6, 6.07) is 6.55. The van der Waals surface area contributed by atoms with Crippen LogP contribution in [-0.2, 0) is 6.54 Å². The Morgan fingerprint density at radius 3 is 2.52 bits per heavy atom. The number of piperidine rings is 1. The number of benzene rings is 1. The van der Waals surface area contributed by atoms with Gasteiger partial charge in [-0.25, -0.2) is 4.39 Å². The molecule has 2 rings (SSSR count). The van der Waals surface area contributed by atoms with E-state index in [9.17, 15) is 4.39 Å². The summed E-state index contributed by atoms with van der Waals surface area (Å²) in [5.41, 5.74) is 1.04. The van der Waals surface area contributed by atoms with Gasteiger partial charge in [0.15, 0.2) is 5.96 Å². The maximum atomic E-state index is 12.9. The van der Waals surface area contributed by atoms with Crippen molar-refractivity contribution in [2.24, 2.45) is 10.9 Å². The van der Waals surface area contributed by atoms with Gasteiger partial charge in [0.2, 0.25) is 0 Å². The molecule has 2 N–H and O–H groups in total. The number of nitrogens with one attached hydrogen (secondary N) is 2. The average Bonchev–Trinajstić information content (AvgIpc) is 2.58. The third-order valence-electron chi connectivity index (χ3n) is 4.40. The summed E-state index contributed by atoms with van der Waals surface area (Å²) in [6.45, 7) is 7.49. The van der Waals surface area contributed by atoms with Crippen molar-refractivity contribution < 1.29 is 4.39 Å². The van der Waals surface area contributed by atoms with Crippen LogP contribution in [0, 0.1) is 11.7 Å². The van der Waals surface area contributed by atoms with Crippen molar-refractivity contribution in [2.45, 2.75) is 32.7 Å². The molecule has 5 heteroatoms. The summed E-state index contributed by atoms with van der Waals surface area (Å²) in [5.74, 6) is 1.32. The first-order valence-corrected chi connectivity index (χ1v) is 8.62. The van der Waals surface area contributed by atoms with E-state index in [4.69, 9.17) is 0 Å². The molecule has 4 nitrogen and oxygen atoms in total. The van der Waals surface area contributed by atoms with Crippen LogP contribution in [-0.4, -0.2) is 44.1 Å². The van der Waals surface area contributed by atoms with Gasteiger partial charge >= 0.3 is 0 Å². The van der Waals surface area contributed by atoms with Crippen molar-refractivity contribution in [3.05, 3.63) is 35.6 Å². The van der Waals surface area contributed by atoms with E-state index in [0.29, 0.717) is 12.5 Å². The van der Waals surface area contributed by atoms with Crippen LogP contribution < -0.4 is 10.6 Å². The Kier molecular flexibility index (Phi) is 7.33. The molecule has 0 unspecified atom stereocenters. The molecule has 1 saturated heterocycles. The third kappa shape index (κ3) is 6.18. The highest BCUT2D eigenvalue weighted by atomic mass is 19.1. The fourth-order valence-corrected chi connectivity index (χ4v) is 2.98. The molecular weight excluding hydrogens is 291 g/mol. The van der Waals surface area contributed by atoms with Crippen molar-refractivity contribution in [1.29, 1.82) is 0 Å². The number of rotatable bonds is 6. The zero-order valence-corrected chi connectivity index (χ0v) is 14.3. The normalized spacial score (nSPS) is 17.3. The Morgan fingerprint density at radius 2 is 1.91 bits per heavy atom. The number of nitrogens with zero attached hydrogens (tertiary/aromatic N) is 2. The Balaban J connectivity index is 1.68. The molecule has 1 heterocycles. The lowest BCUT2D eigenvalue weighted by atomic mass is 9.97. The highest BCUT2D eigenvalue weighted by Gasteiger charge is 2.18. The van der Waals surface area contributed by atoms with Gasteiger partial charge in [0.25, 0.3) is 0 Å². The number of hydrogen-bond acceptors (Lipinski definition) is 2. The molecule has 1 fully saturated rings. The second-order valence-electron chi connectivity index (χ2n) is 6.22. The van der Waals surface area contributed by atoms with Gasteiger partial charge in [-0.1, -0.05) is 19.1 Å². The molecule has 0 aromatic heterocycles. The molecule has 1 aromatic carbocycles. The van der Waals surface area contributed by atoms with Gasteiger partial charge < -0.3 is 15.5 Å². The molecule has 1 aliphatic rings. The lowest BCUT2D eigenvalue weighted by molar-refractivity contribution is 0.185. The molecule has 0 atom stereocenters. The minimum Gasteiger partial charge on any atom is -0.356 e. The molecule has 128 valence electrons. The highest BCUT2D eigenvalue weighted by molar-refractivity contribution is 5.79. The van der Waals surface area contributed by atoms with Gasteiger partial charge in [0.05, 0.1) is 0 Å². The molecule has 0 amide bonds. The summed E-state index contributed by atoms with van der Waals surface area (Å²) in [7, 11) is 1.78. The maximum Gasteiger partial charge on any atom is 0.191 e.